The molecule has 0 aliphatic rings. The van der Waals surface area contributed by atoms with E-state index < -0.39 is 10.9 Å². The van der Waals surface area contributed by atoms with Gasteiger partial charge in [0.2, 0.25) is 0 Å². The van der Waals surface area contributed by atoms with Gasteiger partial charge in [-0.2, -0.15) is 5.10 Å². The van der Waals surface area contributed by atoms with Crippen LogP contribution in [0.3, 0.4) is 0 Å². The minimum atomic E-state index is -0.464. The molecule has 2 rings (SSSR count). The number of ether oxygens (including phenoxy) is 3. The molecule has 0 aliphatic carbocycles. The Hall–Kier alpha value is -3.62. The third-order valence-corrected chi connectivity index (χ3v) is 3.40. The van der Waals surface area contributed by atoms with E-state index in [-0.39, 0.29) is 18.9 Å². The first kappa shape index (κ1) is 20.7. The molecule has 0 aliphatic heterocycles. The van der Waals surface area contributed by atoms with Gasteiger partial charge in [-0.3, -0.25) is 15.5 Å². The molecule has 9 heteroatoms. The first-order valence-corrected chi connectivity index (χ1v) is 8.62. The second-order valence-corrected chi connectivity index (χ2v) is 5.41. The molecule has 0 bridgehead atoms. The number of carbonyl (C=O) groups excluding carboxylic acids is 1. The van der Waals surface area contributed by atoms with Gasteiger partial charge in [0.25, 0.3) is 5.69 Å². The molecule has 1 N–H and O–H groups in total. The van der Waals surface area contributed by atoms with Crippen molar-refractivity contribution < 1.29 is 23.9 Å². The lowest BCUT2D eigenvalue weighted by Gasteiger charge is -2.12. The quantitative estimate of drug-likeness (QED) is 0.288. The SMILES string of the molecule is CCOC(=O)COc1ccc(/C=N/Nc2ccc([N+](=O)[O-])cc2)cc1OCC. The summed E-state index contributed by atoms with van der Waals surface area (Å²) in [5.41, 5.74) is 4.15. The van der Waals surface area contributed by atoms with E-state index in [1.807, 2.05) is 6.92 Å². The van der Waals surface area contributed by atoms with Crippen LogP contribution in [0.15, 0.2) is 47.6 Å². The van der Waals surface area contributed by atoms with Crippen LogP contribution >= 0.6 is 0 Å². The summed E-state index contributed by atoms with van der Waals surface area (Å²) >= 11 is 0. The highest BCUT2D eigenvalue weighted by Gasteiger charge is 2.09. The topological polar surface area (TPSA) is 112 Å². The van der Waals surface area contributed by atoms with Crippen molar-refractivity contribution in [1.82, 2.24) is 0 Å². The van der Waals surface area contributed by atoms with Crippen LogP contribution in [0, 0.1) is 10.1 Å². The van der Waals surface area contributed by atoms with Gasteiger partial charge >= 0.3 is 5.97 Å². The molecule has 148 valence electrons. The molecular formula is C19H21N3O6. The fourth-order valence-electron chi connectivity index (χ4n) is 2.17. The molecule has 0 heterocycles. The smallest absolute Gasteiger partial charge is 0.344 e. The van der Waals surface area contributed by atoms with E-state index in [0.29, 0.717) is 23.8 Å². The summed E-state index contributed by atoms with van der Waals surface area (Å²) in [5, 5.41) is 14.7. The molecule has 0 amide bonds. The number of hydrogen-bond donors (Lipinski definition) is 1. The van der Waals surface area contributed by atoms with Crippen molar-refractivity contribution in [2.45, 2.75) is 13.8 Å². The Morgan fingerprint density at radius 2 is 1.86 bits per heavy atom. The lowest BCUT2D eigenvalue weighted by molar-refractivity contribution is -0.384. The molecule has 0 radical (unpaired) electrons. The van der Waals surface area contributed by atoms with Gasteiger partial charge in [-0.05, 0) is 49.7 Å². The fraction of sp³-hybridized carbons (Fsp3) is 0.263. The normalized spacial score (nSPS) is 10.5. The van der Waals surface area contributed by atoms with Crippen LogP contribution in [0.5, 0.6) is 11.5 Å². The molecule has 0 unspecified atom stereocenters. The number of anilines is 1. The summed E-state index contributed by atoms with van der Waals surface area (Å²) in [4.78, 5) is 21.6. The third kappa shape index (κ3) is 6.27. The van der Waals surface area contributed by atoms with E-state index in [0.717, 1.165) is 5.56 Å². The highest BCUT2D eigenvalue weighted by Crippen LogP contribution is 2.28. The molecule has 0 saturated carbocycles. The molecule has 9 nitrogen and oxygen atoms in total. The van der Waals surface area contributed by atoms with Crippen molar-refractivity contribution in [2.75, 3.05) is 25.2 Å². The molecule has 0 fully saturated rings. The van der Waals surface area contributed by atoms with E-state index in [1.165, 1.54) is 12.1 Å². The van der Waals surface area contributed by atoms with Crippen molar-refractivity contribution in [1.29, 1.82) is 0 Å². The highest BCUT2D eigenvalue weighted by atomic mass is 16.6. The standard InChI is InChI=1S/C19H21N3O6/c1-3-26-18-11-14(5-10-17(18)28-13-19(23)27-4-2)12-20-21-15-6-8-16(9-7-15)22(24)25/h5-12,21H,3-4,13H2,1-2H3/b20-12+. The summed E-state index contributed by atoms with van der Waals surface area (Å²) in [6.07, 6.45) is 1.57. The zero-order chi connectivity index (χ0) is 20.4. The Balaban J connectivity index is 2.02. The Bertz CT molecular complexity index is 836. The van der Waals surface area contributed by atoms with Gasteiger partial charge < -0.3 is 14.2 Å². The second kappa shape index (κ2) is 10.5. The summed E-state index contributed by atoms with van der Waals surface area (Å²) < 4.78 is 15.8. The number of rotatable bonds is 10. The van der Waals surface area contributed by atoms with E-state index in [9.17, 15) is 14.9 Å². The van der Waals surface area contributed by atoms with Gasteiger partial charge in [0.15, 0.2) is 18.1 Å². The van der Waals surface area contributed by atoms with Crippen LogP contribution in [0.25, 0.3) is 0 Å². The van der Waals surface area contributed by atoms with Crippen LogP contribution in [0.1, 0.15) is 19.4 Å². The molecular weight excluding hydrogens is 366 g/mol. The Labute approximate surface area is 162 Å². The average Bonchev–Trinajstić information content (AvgIpc) is 2.68. The number of hydrogen-bond acceptors (Lipinski definition) is 8. The fourth-order valence-corrected chi connectivity index (χ4v) is 2.17. The van der Waals surface area contributed by atoms with Gasteiger partial charge in [-0.1, -0.05) is 0 Å². The van der Waals surface area contributed by atoms with Crippen LogP contribution < -0.4 is 14.9 Å². The maximum Gasteiger partial charge on any atom is 0.344 e. The number of nitro groups is 1. The molecule has 0 aromatic heterocycles. The number of nitro benzene ring substituents is 1. The van der Waals surface area contributed by atoms with Gasteiger partial charge in [-0.15, -0.1) is 0 Å². The van der Waals surface area contributed by atoms with Crippen molar-refractivity contribution in [3.05, 3.63) is 58.1 Å². The zero-order valence-corrected chi connectivity index (χ0v) is 15.6. The van der Waals surface area contributed by atoms with Crippen LogP contribution in [0.2, 0.25) is 0 Å². The minimum absolute atomic E-state index is 0.00860. The number of esters is 1. The number of nitrogens with one attached hydrogen (secondary N) is 1. The first-order valence-electron chi connectivity index (χ1n) is 8.62. The van der Waals surface area contributed by atoms with E-state index in [2.05, 4.69) is 10.5 Å². The molecule has 2 aromatic rings. The summed E-state index contributed by atoms with van der Waals surface area (Å²) in [6.45, 7) is 4.08. The summed E-state index contributed by atoms with van der Waals surface area (Å²) in [5.74, 6) is 0.448. The molecule has 0 spiro atoms. The van der Waals surface area contributed by atoms with Crippen molar-refractivity contribution in [3.63, 3.8) is 0 Å². The molecule has 28 heavy (non-hydrogen) atoms. The lowest BCUT2D eigenvalue weighted by Crippen LogP contribution is -2.15. The van der Waals surface area contributed by atoms with Crippen LogP contribution in [-0.2, 0) is 9.53 Å². The monoisotopic (exact) mass is 387 g/mol. The third-order valence-electron chi connectivity index (χ3n) is 3.40. The van der Waals surface area contributed by atoms with E-state index >= 15 is 0 Å². The number of benzene rings is 2. The van der Waals surface area contributed by atoms with Crippen molar-refractivity contribution >= 4 is 23.6 Å². The van der Waals surface area contributed by atoms with Gasteiger partial charge in [0, 0.05) is 12.1 Å². The van der Waals surface area contributed by atoms with Crippen molar-refractivity contribution in [2.24, 2.45) is 5.10 Å². The molecule has 2 aromatic carbocycles. The highest BCUT2D eigenvalue weighted by molar-refractivity contribution is 5.81. The lowest BCUT2D eigenvalue weighted by atomic mass is 10.2. The predicted octanol–water partition coefficient (Wildman–Crippen LogP) is 3.38. The van der Waals surface area contributed by atoms with Gasteiger partial charge in [0.05, 0.1) is 30.0 Å². The number of hydrazone groups is 1. The minimum Gasteiger partial charge on any atom is -0.490 e. The largest absolute Gasteiger partial charge is 0.490 e. The predicted molar refractivity (Wildman–Crippen MR) is 104 cm³/mol. The number of nitrogens with zero attached hydrogens (tertiary/aromatic N) is 2. The van der Waals surface area contributed by atoms with Gasteiger partial charge in [-0.25, -0.2) is 4.79 Å². The van der Waals surface area contributed by atoms with Crippen LogP contribution in [0.4, 0.5) is 11.4 Å². The van der Waals surface area contributed by atoms with E-state index in [4.69, 9.17) is 14.2 Å². The molecule has 0 atom stereocenters. The Morgan fingerprint density at radius 1 is 1.11 bits per heavy atom. The average molecular weight is 387 g/mol. The maximum atomic E-state index is 11.4. The summed E-state index contributed by atoms with van der Waals surface area (Å²) in [6, 6.07) is 11.1. The maximum absolute atomic E-state index is 11.4. The number of non-ortho nitro benzene ring substituents is 1. The summed E-state index contributed by atoms with van der Waals surface area (Å²) in [7, 11) is 0. The second-order valence-electron chi connectivity index (χ2n) is 5.41. The Morgan fingerprint density at radius 3 is 2.50 bits per heavy atom. The van der Waals surface area contributed by atoms with E-state index in [1.54, 1.807) is 43.5 Å². The van der Waals surface area contributed by atoms with Gasteiger partial charge in [0.1, 0.15) is 0 Å². The van der Waals surface area contributed by atoms with Crippen LogP contribution in [-0.4, -0.2) is 36.9 Å². The first-order chi connectivity index (χ1) is 13.5. The molecule has 0 saturated heterocycles. The van der Waals surface area contributed by atoms with Crippen molar-refractivity contribution in [3.8, 4) is 11.5 Å². The zero-order valence-electron chi connectivity index (χ0n) is 15.6. The Kier molecular flexibility index (Phi) is 7.77. The number of carbonyl (C=O) groups is 1.